The Morgan fingerprint density at radius 3 is 2.70 bits per heavy atom. The zero-order valence-electron chi connectivity index (χ0n) is 25.3. The van der Waals surface area contributed by atoms with Gasteiger partial charge in [0.05, 0.1) is 50.6 Å². The number of hydrogen-bond donors (Lipinski definition) is 1. The maximum atomic E-state index is 14.1. The molecule has 3 atom stereocenters. The van der Waals surface area contributed by atoms with E-state index < -0.39 is 17.8 Å². The molecule has 1 aromatic heterocycles. The Balaban J connectivity index is 0.000000322. The van der Waals surface area contributed by atoms with Crippen LogP contribution in [0.4, 0.5) is 29.1 Å². The number of hydrogen-bond acceptors (Lipinski definition) is 8. The third-order valence-corrected chi connectivity index (χ3v) is 8.42. The molecule has 238 valence electrons. The van der Waals surface area contributed by atoms with Crippen LogP contribution in [0.25, 0.3) is 0 Å². The minimum atomic E-state index is -4.62. The number of ether oxygens (including phenoxy) is 3. The molecule has 0 aliphatic carbocycles. The lowest BCUT2D eigenvalue weighted by molar-refractivity contribution is -0.140. The van der Waals surface area contributed by atoms with E-state index in [1.54, 1.807) is 0 Å². The number of nitrogens with two attached hydrogens (primary N) is 1. The first-order valence-electron chi connectivity index (χ1n) is 14.9. The van der Waals surface area contributed by atoms with Crippen molar-refractivity contribution in [3.8, 4) is 17.9 Å². The van der Waals surface area contributed by atoms with Crippen LogP contribution in [0.15, 0.2) is 24.0 Å². The van der Waals surface area contributed by atoms with Crippen molar-refractivity contribution in [3.63, 3.8) is 0 Å². The lowest BCUT2D eigenvalue weighted by Crippen LogP contribution is -2.32. The molecule has 6 rings (SSSR count). The van der Waals surface area contributed by atoms with Crippen LogP contribution in [0.2, 0.25) is 0 Å². The van der Waals surface area contributed by atoms with Gasteiger partial charge in [-0.1, -0.05) is 12.8 Å². The van der Waals surface area contributed by atoms with Crippen molar-refractivity contribution in [2.75, 3.05) is 57.1 Å². The molecule has 2 aromatic rings. The molecule has 0 saturated carbocycles. The first kappa shape index (κ1) is 32.0. The number of aromatic nitrogens is 2. The predicted molar refractivity (Wildman–Crippen MR) is 159 cm³/mol. The summed E-state index contributed by atoms with van der Waals surface area (Å²) in [5, 5.41) is 0. The molecule has 3 saturated heterocycles. The first-order valence-corrected chi connectivity index (χ1v) is 14.9. The Bertz CT molecular complexity index is 1420. The highest BCUT2D eigenvalue weighted by molar-refractivity contribution is 5.58. The van der Waals surface area contributed by atoms with E-state index in [9.17, 15) is 17.6 Å². The van der Waals surface area contributed by atoms with E-state index in [0.29, 0.717) is 37.3 Å². The summed E-state index contributed by atoms with van der Waals surface area (Å²) in [6.07, 6.45) is -1.05. The van der Waals surface area contributed by atoms with Crippen molar-refractivity contribution in [3.05, 3.63) is 52.0 Å². The molecular weight excluding hydrogens is 578 g/mol. The third-order valence-electron chi connectivity index (χ3n) is 8.42. The van der Waals surface area contributed by atoms with Crippen molar-refractivity contribution in [1.82, 2.24) is 14.9 Å². The van der Waals surface area contributed by atoms with E-state index in [1.165, 1.54) is 45.6 Å². The van der Waals surface area contributed by atoms with Crippen LogP contribution in [0.3, 0.4) is 0 Å². The molecule has 4 aliphatic heterocycles. The normalized spacial score (nSPS) is 24.5. The summed E-state index contributed by atoms with van der Waals surface area (Å²) in [5.41, 5.74) is 7.42. The summed E-state index contributed by atoms with van der Waals surface area (Å²) in [7, 11) is 1.46. The van der Waals surface area contributed by atoms with Crippen LogP contribution in [0, 0.1) is 17.8 Å². The second-order valence-corrected chi connectivity index (χ2v) is 11.7. The fraction of sp³-hybridized carbons (Fsp3) is 0.562. The summed E-state index contributed by atoms with van der Waals surface area (Å²) in [6, 6.07) is 3.40. The lowest BCUT2D eigenvalue weighted by atomic mass is 9.91. The largest absolute Gasteiger partial charge is 0.467 e. The van der Waals surface area contributed by atoms with Crippen LogP contribution < -0.4 is 15.4 Å². The Morgan fingerprint density at radius 2 is 2.00 bits per heavy atom. The number of nitrogens with zero attached hydrogens (tertiary/aromatic N) is 4. The molecule has 3 unspecified atom stereocenters. The van der Waals surface area contributed by atoms with Crippen molar-refractivity contribution < 1.29 is 31.8 Å². The zero-order valence-corrected chi connectivity index (χ0v) is 25.3. The standard InChI is InChI=1S/C24H27F3N4O3.C8H12FN/c1-4-5-15-8-16(28)9-17(21(15)24(25,26)27)20-10-19-18(13-34-20)22(30-23(29-19)32-3)31-6-7-33-12-14(2)11-31;9-5-7-4-8-2-1-3-10(8)6-7/h8-9,14,20H,6-7,10-13,28H2,1-3H3;5,8H,1-4,6H2/b;7-5-. The summed E-state index contributed by atoms with van der Waals surface area (Å²) in [5.74, 6) is 6.02. The van der Waals surface area contributed by atoms with Crippen LogP contribution in [-0.2, 0) is 28.7 Å². The molecule has 8 nitrogen and oxygen atoms in total. The summed E-state index contributed by atoms with van der Waals surface area (Å²) in [6.45, 7) is 8.26. The second-order valence-electron chi connectivity index (χ2n) is 11.7. The summed E-state index contributed by atoms with van der Waals surface area (Å²) >= 11 is 0. The highest BCUT2D eigenvalue weighted by atomic mass is 19.4. The Morgan fingerprint density at radius 1 is 1.18 bits per heavy atom. The molecule has 0 radical (unpaired) electrons. The van der Waals surface area contributed by atoms with Gasteiger partial charge in [0.1, 0.15) is 5.82 Å². The highest BCUT2D eigenvalue weighted by Gasteiger charge is 2.40. The molecule has 12 heteroatoms. The first-order chi connectivity index (χ1) is 21.1. The number of anilines is 2. The van der Waals surface area contributed by atoms with Gasteiger partial charge in [-0.05, 0) is 61.9 Å². The van der Waals surface area contributed by atoms with E-state index >= 15 is 0 Å². The van der Waals surface area contributed by atoms with Gasteiger partial charge in [0.2, 0.25) is 0 Å². The van der Waals surface area contributed by atoms with Gasteiger partial charge in [-0.2, -0.15) is 23.1 Å². The number of halogens is 4. The molecular formula is C32H39F4N5O3. The van der Waals surface area contributed by atoms with Crippen LogP contribution in [-0.4, -0.2) is 67.4 Å². The van der Waals surface area contributed by atoms with Crippen LogP contribution in [0.5, 0.6) is 6.01 Å². The number of methoxy groups -OCH3 is 1. The monoisotopic (exact) mass is 617 g/mol. The minimum absolute atomic E-state index is 0.0492. The number of benzene rings is 1. The number of rotatable bonds is 3. The van der Waals surface area contributed by atoms with Gasteiger partial charge in [-0.3, -0.25) is 4.90 Å². The van der Waals surface area contributed by atoms with Gasteiger partial charge < -0.3 is 24.8 Å². The average molecular weight is 618 g/mol. The van der Waals surface area contributed by atoms with Gasteiger partial charge in [0, 0.05) is 48.9 Å². The second kappa shape index (κ2) is 13.7. The lowest BCUT2D eigenvalue weighted by Gasteiger charge is -2.32. The smallest absolute Gasteiger partial charge is 0.417 e. The average Bonchev–Trinajstić information content (AvgIpc) is 3.53. The zero-order chi connectivity index (χ0) is 31.4. The van der Waals surface area contributed by atoms with E-state index in [4.69, 9.17) is 19.9 Å². The van der Waals surface area contributed by atoms with Gasteiger partial charge >= 0.3 is 12.2 Å². The molecule has 0 bridgehead atoms. The molecule has 0 spiro atoms. The number of alkyl halides is 3. The van der Waals surface area contributed by atoms with E-state index in [1.807, 2.05) is 0 Å². The summed E-state index contributed by atoms with van der Waals surface area (Å²) in [4.78, 5) is 13.5. The van der Waals surface area contributed by atoms with Crippen LogP contribution in [0.1, 0.15) is 67.2 Å². The Labute approximate surface area is 255 Å². The molecule has 3 fully saturated rings. The number of nitrogen functional groups attached to an aromatic ring is 1. The third kappa shape index (κ3) is 7.11. The molecule has 5 heterocycles. The van der Waals surface area contributed by atoms with Crippen molar-refractivity contribution in [2.24, 2.45) is 5.92 Å². The van der Waals surface area contributed by atoms with Crippen LogP contribution >= 0.6 is 0 Å². The van der Waals surface area contributed by atoms with E-state index in [0.717, 1.165) is 37.0 Å². The molecule has 2 N–H and O–H groups in total. The number of fused-ring (bicyclic) bond motifs is 2. The molecule has 1 aromatic carbocycles. The van der Waals surface area contributed by atoms with Gasteiger partial charge in [-0.25, -0.2) is 4.39 Å². The van der Waals surface area contributed by atoms with E-state index in [-0.39, 0.29) is 41.8 Å². The van der Waals surface area contributed by atoms with Crippen molar-refractivity contribution in [2.45, 2.75) is 64.5 Å². The van der Waals surface area contributed by atoms with Gasteiger partial charge in [0.15, 0.2) is 0 Å². The maximum absolute atomic E-state index is 14.1. The highest BCUT2D eigenvalue weighted by Crippen LogP contribution is 2.43. The molecule has 44 heavy (non-hydrogen) atoms. The molecule has 0 amide bonds. The SMILES string of the molecule is CC#Cc1cc(N)cc(C2Cc3nc(OC)nc(N4CCOCC(C)C4)c3CO2)c1C(F)(F)F.F/C=C1/CC2CCCN2C1. The van der Waals surface area contributed by atoms with E-state index in [2.05, 4.69) is 38.5 Å². The summed E-state index contributed by atoms with van der Waals surface area (Å²) < 4.78 is 71.2. The fourth-order valence-corrected chi connectivity index (χ4v) is 6.49. The van der Waals surface area contributed by atoms with Crippen molar-refractivity contribution >= 4 is 11.5 Å². The molecule has 4 aliphatic rings. The Hall–Kier alpha value is -3.40. The Kier molecular flexibility index (Phi) is 9.97. The predicted octanol–water partition coefficient (Wildman–Crippen LogP) is 5.45. The maximum Gasteiger partial charge on any atom is 0.417 e. The van der Waals surface area contributed by atoms with Gasteiger partial charge in [0.25, 0.3) is 0 Å². The minimum Gasteiger partial charge on any atom is -0.467 e. The fourth-order valence-electron chi connectivity index (χ4n) is 6.49. The van der Waals surface area contributed by atoms with Crippen molar-refractivity contribution in [1.29, 1.82) is 0 Å². The topological polar surface area (TPSA) is 86.0 Å². The van der Waals surface area contributed by atoms with Gasteiger partial charge in [-0.15, -0.1) is 5.92 Å². The quantitative estimate of drug-likeness (QED) is 0.277.